The molecule has 0 radical (unpaired) electrons. The van der Waals surface area contributed by atoms with E-state index in [-0.39, 0.29) is 16.8 Å². The van der Waals surface area contributed by atoms with E-state index in [2.05, 4.69) is 25.7 Å². The van der Waals surface area contributed by atoms with Gasteiger partial charge >= 0.3 is 5.97 Å². The number of halogens is 3. The number of H-pyrrole nitrogens is 1. The van der Waals surface area contributed by atoms with E-state index in [4.69, 9.17) is 0 Å². The summed E-state index contributed by atoms with van der Waals surface area (Å²) < 4.78 is 29.7. The lowest BCUT2D eigenvalue weighted by Gasteiger charge is -2.09. The summed E-state index contributed by atoms with van der Waals surface area (Å²) in [5.41, 5.74) is -1.71. The normalized spacial score (nSPS) is 10.6. The first-order chi connectivity index (χ1) is 7.47. The number of alkyl halides is 2. The van der Waals surface area contributed by atoms with Crippen molar-refractivity contribution in [1.82, 2.24) is 4.98 Å². The number of aromatic nitrogens is 1. The van der Waals surface area contributed by atoms with Gasteiger partial charge in [-0.15, -0.1) is 0 Å². The number of hydrogen-bond donors (Lipinski definition) is 1. The van der Waals surface area contributed by atoms with Crippen LogP contribution in [0.4, 0.5) is 8.78 Å². The van der Waals surface area contributed by atoms with Crippen LogP contribution in [0.2, 0.25) is 0 Å². The molecule has 1 aromatic heterocycles. The van der Waals surface area contributed by atoms with Crippen LogP contribution in [0.5, 0.6) is 0 Å². The van der Waals surface area contributed by atoms with Crippen LogP contribution < -0.4 is 5.56 Å². The molecule has 0 aliphatic rings. The van der Waals surface area contributed by atoms with Gasteiger partial charge in [-0.1, -0.05) is 0 Å². The molecule has 1 heterocycles. The third-order valence-electron chi connectivity index (χ3n) is 1.74. The van der Waals surface area contributed by atoms with Crippen LogP contribution in [0.1, 0.15) is 29.3 Å². The Morgan fingerprint density at radius 2 is 2.25 bits per heavy atom. The van der Waals surface area contributed by atoms with Gasteiger partial charge in [0.1, 0.15) is 4.60 Å². The lowest BCUT2D eigenvalue weighted by molar-refractivity contribution is 0.0513. The fourth-order valence-corrected chi connectivity index (χ4v) is 1.72. The van der Waals surface area contributed by atoms with Crippen molar-refractivity contribution in [2.75, 3.05) is 6.61 Å². The van der Waals surface area contributed by atoms with Gasteiger partial charge < -0.3 is 9.72 Å². The summed E-state index contributed by atoms with van der Waals surface area (Å²) in [6, 6.07) is 0.682. The maximum Gasteiger partial charge on any atom is 0.341 e. The fourth-order valence-electron chi connectivity index (χ4n) is 1.13. The highest BCUT2D eigenvalue weighted by Crippen LogP contribution is 2.26. The largest absolute Gasteiger partial charge is 0.462 e. The number of rotatable bonds is 3. The van der Waals surface area contributed by atoms with Crippen molar-refractivity contribution < 1.29 is 18.3 Å². The Labute approximate surface area is 97.7 Å². The molecule has 0 fully saturated rings. The molecule has 0 spiro atoms. The van der Waals surface area contributed by atoms with Gasteiger partial charge in [-0.3, -0.25) is 4.79 Å². The first-order valence-corrected chi connectivity index (χ1v) is 5.14. The van der Waals surface area contributed by atoms with E-state index < -0.39 is 23.5 Å². The first-order valence-electron chi connectivity index (χ1n) is 4.35. The molecule has 1 rings (SSSR count). The summed E-state index contributed by atoms with van der Waals surface area (Å²) in [5, 5.41) is 0. The second-order valence-electron chi connectivity index (χ2n) is 2.80. The summed E-state index contributed by atoms with van der Waals surface area (Å²) in [6.07, 6.45) is -2.92. The maximum atomic E-state index is 12.6. The molecule has 0 bridgehead atoms. The summed E-state index contributed by atoms with van der Waals surface area (Å²) in [4.78, 5) is 24.6. The Balaban J connectivity index is 3.35. The minimum Gasteiger partial charge on any atom is -0.462 e. The topological polar surface area (TPSA) is 59.2 Å². The highest BCUT2D eigenvalue weighted by molar-refractivity contribution is 9.10. The Kier molecular flexibility index (Phi) is 4.17. The Bertz CT molecular complexity index is 459. The number of hydrogen-bond acceptors (Lipinski definition) is 3. The van der Waals surface area contributed by atoms with Crippen molar-refractivity contribution in [2.24, 2.45) is 0 Å². The van der Waals surface area contributed by atoms with Crippen molar-refractivity contribution in [1.29, 1.82) is 0 Å². The molecule has 4 nitrogen and oxygen atoms in total. The lowest BCUT2D eigenvalue weighted by Crippen LogP contribution is -2.16. The predicted octanol–water partition coefficient (Wildman–Crippen LogP) is 2.25. The van der Waals surface area contributed by atoms with Crippen molar-refractivity contribution in [3.8, 4) is 0 Å². The fraction of sp³-hybridized carbons (Fsp3) is 0.333. The van der Waals surface area contributed by atoms with E-state index in [0.29, 0.717) is 6.07 Å². The molecule has 1 aromatic rings. The molecule has 0 saturated carbocycles. The zero-order valence-electron chi connectivity index (χ0n) is 8.22. The van der Waals surface area contributed by atoms with Gasteiger partial charge in [0.15, 0.2) is 0 Å². The van der Waals surface area contributed by atoms with Gasteiger partial charge in [0, 0.05) is 11.6 Å². The van der Waals surface area contributed by atoms with Gasteiger partial charge in [-0.05, 0) is 22.9 Å². The standard InChI is InChI=1S/C9H8BrF2NO3/c1-2-16-9(15)6-4(8(11)12)3-5(14)13-7(6)10/h3,8H,2H2,1H3,(H,13,14). The number of ether oxygens (including phenoxy) is 1. The van der Waals surface area contributed by atoms with Gasteiger partial charge in [-0.25, -0.2) is 13.6 Å². The molecule has 16 heavy (non-hydrogen) atoms. The van der Waals surface area contributed by atoms with Crippen molar-refractivity contribution >= 4 is 21.9 Å². The zero-order valence-corrected chi connectivity index (χ0v) is 9.81. The minimum absolute atomic E-state index is 0.0626. The number of esters is 1. The molecule has 0 saturated heterocycles. The molecule has 0 unspecified atom stereocenters. The monoisotopic (exact) mass is 295 g/mol. The molecular weight excluding hydrogens is 288 g/mol. The third-order valence-corrected chi connectivity index (χ3v) is 2.34. The van der Waals surface area contributed by atoms with Crippen LogP contribution in [0, 0.1) is 0 Å². The summed E-state index contributed by atoms with van der Waals surface area (Å²) >= 11 is 2.85. The second-order valence-corrected chi connectivity index (χ2v) is 3.59. The zero-order chi connectivity index (χ0) is 12.3. The van der Waals surface area contributed by atoms with Crippen LogP contribution in [0.15, 0.2) is 15.5 Å². The van der Waals surface area contributed by atoms with Crippen LogP contribution in [0.25, 0.3) is 0 Å². The van der Waals surface area contributed by atoms with Crippen molar-refractivity contribution in [3.63, 3.8) is 0 Å². The van der Waals surface area contributed by atoms with E-state index in [1.54, 1.807) is 6.92 Å². The molecular formula is C9H8BrF2NO3. The van der Waals surface area contributed by atoms with Crippen molar-refractivity contribution in [2.45, 2.75) is 13.3 Å². The Morgan fingerprint density at radius 3 is 2.75 bits per heavy atom. The van der Waals surface area contributed by atoms with Crippen LogP contribution in [-0.2, 0) is 4.74 Å². The smallest absolute Gasteiger partial charge is 0.341 e. The van der Waals surface area contributed by atoms with Crippen molar-refractivity contribution in [3.05, 3.63) is 32.2 Å². The predicted molar refractivity (Wildman–Crippen MR) is 55.7 cm³/mol. The summed E-state index contributed by atoms with van der Waals surface area (Å²) in [6.45, 7) is 1.62. The number of nitrogens with one attached hydrogen (secondary N) is 1. The van der Waals surface area contributed by atoms with E-state index in [1.165, 1.54) is 0 Å². The molecule has 0 amide bonds. The molecule has 1 N–H and O–H groups in total. The number of carbonyl (C=O) groups excluding carboxylic acids is 1. The Morgan fingerprint density at radius 1 is 1.62 bits per heavy atom. The molecule has 0 aliphatic heterocycles. The lowest BCUT2D eigenvalue weighted by atomic mass is 10.1. The summed E-state index contributed by atoms with van der Waals surface area (Å²) in [7, 11) is 0. The van der Waals surface area contributed by atoms with E-state index in [1.807, 2.05) is 0 Å². The van der Waals surface area contributed by atoms with E-state index in [0.717, 1.165) is 0 Å². The molecule has 0 aromatic carbocycles. The number of carbonyl (C=O) groups is 1. The van der Waals surface area contributed by atoms with Gasteiger partial charge in [0.2, 0.25) is 5.56 Å². The Hall–Kier alpha value is -1.24. The highest BCUT2D eigenvalue weighted by Gasteiger charge is 2.23. The summed E-state index contributed by atoms with van der Waals surface area (Å²) in [5.74, 6) is -0.902. The quantitative estimate of drug-likeness (QED) is 0.687. The highest BCUT2D eigenvalue weighted by atomic mass is 79.9. The van der Waals surface area contributed by atoms with Crippen LogP contribution >= 0.6 is 15.9 Å². The first kappa shape index (κ1) is 12.8. The van der Waals surface area contributed by atoms with Crippen LogP contribution in [0.3, 0.4) is 0 Å². The van der Waals surface area contributed by atoms with Gasteiger partial charge in [0.05, 0.1) is 12.2 Å². The molecule has 0 aliphatic carbocycles. The molecule has 0 atom stereocenters. The average Bonchev–Trinajstić information content (AvgIpc) is 2.16. The number of pyridine rings is 1. The van der Waals surface area contributed by atoms with E-state index >= 15 is 0 Å². The van der Waals surface area contributed by atoms with Gasteiger partial charge in [0.25, 0.3) is 6.43 Å². The number of aromatic amines is 1. The molecule has 88 valence electrons. The van der Waals surface area contributed by atoms with Gasteiger partial charge in [-0.2, -0.15) is 0 Å². The van der Waals surface area contributed by atoms with Crippen LogP contribution in [-0.4, -0.2) is 17.6 Å². The van der Waals surface area contributed by atoms with E-state index in [9.17, 15) is 18.4 Å². The molecule has 7 heteroatoms. The maximum absolute atomic E-state index is 12.6. The SMILES string of the molecule is CCOC(=O)c1c(C(F)F)cc(=O)[nH]c1Br. The average molecular weight is 296 g/mol. The third kappa shape index (κ3) is 2.66. The minimum atomic E-state index is -2.92. The second kappa shape index (κ2) is 5.20.